The van der Waals surface area contributed by atoms with Crippen molar-refractivity contribution < 1.29 is 14.5 Å². The van der Waals surface area contributed by atoms with Gasteiger partial charge in [0.15, 0.2) is 5.11 Å². The smallest absolute Gasteiger partial charge is 0.288 e. The molecule has 1 saturated carbocycles. The first-order valence-corrected chi connectivity index (χ1v) is 7.02. The molecule has 2 rings (SSSR count). The average Bonchev–Trinajstić information content (AvgIpc) is 3.29. The number of thiocarbonyl (C=S) groups is 1. The second-order valence-corrected chi connectivity index (χ2v) is 5.41. The molecular weight excluding hydrogens is 332 g/mol. The third-order valence-electron chi connectivity index (χ3n) is 2.88. The lowest BCUT2D eigenvalue weighted by atomic mass is 10.2. The maximum Gasteiger partial charge on any atom is 0.288 e. The molecule has 0 aliphatic heterocycles. The number of halogens is 1. The molecule has 0 unspecified atom stereocenters. The molecule has 3 N–H and O–H groups in total. The van der Waals surface area contributed by atoms with Crippen LogP contribution >= 0.6 is 23.8 Å². The Kier molecular flexibility index (Phi) is 4.88. The summed E-state index contributed by atoms with van der Waals surface area (Å²) in [5.41, 5.74) is 4.40. The molecule has 0 spiro atoms. The van der Waals surface area contributed by atoms with Gasteiger partial charge >= 0.3 is 0 Å². The molecule has 1 aromatic rings. The van der Waals surface area contributed by atoms with Gasteiger partial charge < -0.3 is 0 Å². The van der Waals surface area contributed by atoms with Crippen molar-refractivity contribution in [3.63, 3.8) is 0 Å². The van der Waals surface area contributed by atoms with E-state index >= 15 is 0 Å². The summed E-state index contributed by atoms with van der Waals surface area (Å²) in [6.07, 6.45) is 1.67. The number of rotatable bonds is 3. The van der Waals surface area contributed by atoms with Crippen molar-refractivity contribution >= 4 is 46.4 Å². The van der Waals surface area contributed by atoms with E-state index < -0.39 is 10.8 Å². The standard InChI is InChI=1S/C12H11ClN4O4S/c13-8-4-3-7(5-9(8)17(20)21)10(18)14-12(22)16-15-11(19)6-1-2-6/h3-6H,1-2H2,(H,15,19)(H2,14,16,18,22). The Hall–Kier alpha value is -2.26. The Morgan fingerprint density at radius 1 is 1.32 bits per heavy atom. The van der Waals surface area contributed by atoms with Crippen LogP contribution in [0.3, 0.4) is 0 Å². The summed E-state index contributed by atoms with van der Waals surface area (Å²) in [6.45, 7) is 0. The van der Waals surface area contributed by atoms with Crippen LogP contribution in [0.4, 0.5) is 5.69 Å². The van der Waals surface area contributed by atoms with Crippen LogP contribution in [0, 0.1) is 16.0 Å². The molecule has 1 aliphatic rings. The summed E-state index contributed by atoms with van der Waals surface area (Å²) in [6, 6.07) is 3.62. The normalized spacial score (nSPS) is 13.1. The number of hydrogen-bond donors (Lipinski definition) is 3. The number of nitro groups is 1. The number of nitrogens with one attached hydrogen (secondary N) is 3. The molecule has 1 aromatic carbocycles. The molecule has 2 amide bonds. The fourth-order valence-corrected chi connectivity index (χ4v) is 1.90. The molecule has 0 heterocycles. The van der Waals surface area contributed by atoms with Gasteiger partial charge in [0.05, 0.1) is 4.92 Å². The maximum absolute atomic E-state index is 11.9. The number of nitro benzene ring substituents is 1. The van der Waals surface area contributed by atoms with Crippen molar-refractivity contribution in [2.75, 3.05) is 0 Å². The summed E-state index contributed by atoms with van der Waals surface area (Å²) in [5, 5.41) is 12.9. The van der Waals surface area contributed by atoms with Crippen molar-refractivity contribution in [1.82, 2.24) is 16.2 Å². The Morgan fingerprint density at radius 3 is 2.59 bits per heavy atom. The van der Waals surface area contributed by atoms with Crippen molar-refractivity contribution in [2.24, 2.45) is 5.92 Å². The van der Waals surface area contributed by atoms with Gasteiger partial charge in [0, 0.05) is 17.5 Å². The fourth-order valence-electron chi connectivity index (χ4n) is 1.57. The maximum atomic E-state index is 11.9. The Morgan fingerprint density at radius 2 is 2.00 bits per heavy atom. The van der Waals surface area contributed by atoms with E-state index in [1.54, 1.807) is 0 Å². The zero-order chi connectivity index (χ0) is 16.3. The highest BCUT2D eigenvalue weighted by molar-refractivity contribution is 7.80. The van der Waals surface area contributed by atoms with Gasteiger partial charge in [0.1, 0.15) is 5.02 Å². The lowest BCUT2D eigenvalue weighted by Gasteiger charge is -2.10. The van der Waals surface area contributed by atoms with Gasteiger partial charge in [0.2, 0.25) is 5.91 Å². The molecule has 22 heavy (non-hydrogen) atoms. The summed E-state index contributed by atoms with van der Waals surface area (Å²) in [7, 11) is 0. The van der Waals surface area contributed by atoms with Gasteiger partial charge in [0.25, 0.3) is 11.6 Å². The van der Waals surface area contributed by atoms with Crippen LogP contribution in [0.5, 0.6) is 0 Å². The first-order chi connectivity index (χ1) is 10.4. The van der Waals surface area contributed by atoms with Crippen LogP contribution < -0.4 is 16.2 Å². The highest BCUT2D eigenvalue weighted by atomic mass is 35.5. The SMILES string of the molecule is O=C(NC(=S)NNC(=O)C1CC1)c1ccc(Cl)c([N+](=O)[O-])c1. The molecule has 116 valence electrons. The quantitative estimate of drug-likeness (QED) is 0.433. The number of carbonyl (C=O) groups is 2. The summed E-state index contributed by atoms with van der Waals surface area (Å²) in [4.78, 5) is 33.4. The largest absolute Gasteiger partial charge is 0.298 e. The number of nitrogens with zero attached hydrogens (tertiary/aromatic N) is 1. The summed E-state index contributed by atoms with van der Waals surface area (Å²) >= 11 is 10.5. The van der Waals surface area contributed by atoms with Gasteiger partial charge in [-0.3, -0.25) is 35.9 Å². The lowest BCUT2D eigenvalue weighted by Crippen LogP contribution is -2.48. The minimum Gasteiger partial charge on any atom is -0.298 e. The third-order valence-corrected chi connectivity index (χ3v) is 3.40. The van der Waals surface area contributed by atoms with E-state index in [9.17, 15) is 19.7 Å². The number of hydrazine groups is 1. The van der Waals surface area contributed by atoms with Gasteiger partial charge in [-0.2, -0.15) is 0 Å². The van der Waals surface area contributed by atoms with E-state index in [2.05, 4.69) is 16.2 Å². The lowest BCUT2D eigenvalue weighted by molar-refractivity contribution is -0.384. The Balaban J connectivity index is 1.93. The molecule has 8 nitrogen and oxygen atoms in total. The highest BCUT2D eigenvalue weighted by Crippen LogP contribution is 2.28. The first-order valence-electron chi connectivity index (χ1n) is 6.23. The number of hydrogen-bond acceptors (Lipinski definition) is 5. The Labute approximate surface area is 135 Å². The van der Waals surface area contributed by atoms with Gasteiger partial charge in [-0.25, -0.2) is 0 Å². The van der Waals surface area contributed by atoms with E-state index in [1.807, 2.05) is 0 Å². The molecule has 0 saturated heterocycles. The minimum atomic E-state index is -0.689. The number of carbonyl (C=O) groups excluding carboxylic acids is 2. The summed E-state index contributed by atoms with van der Waals surface area (Å²) in [5.74, 6) is -0.860. The summed E-state index contributed by atoms with van der Waals surface area (Å²) < 4.78 is 0. The average molecular weight is 343 g/mol. The predicted molar refractivity (Wildman–Crippen MR) is 82.2 cm³/mol. The zero-order valence-corrected chi connectivity index (χ0v) is 12.7. The second kappa shape index (κ2) is 6.67. The molecule has 1 fully saturated rings. The van der Waals surface area contributed by atoms with Crippen molar-refractivity contribution in [2.45, 2.75) is 12.8 Å². The highest BCUT2D eigenvalue weighted by Gasteiger charge is 2.29. The van der Waals surface area contributed by atoms with E-state index in [-0.39, 0.29) is 33.2 Å². The van der Waals surface area contributed by atoms with Crippen LogP contribution in [0.25, 0.3) is 0 Å². The van der Waals surface area contributed by atoms with E-state index in [0.717, 1.165) is 18.9 Å². The minimum absolute atomic E-state index is 0.00934. The first kappa shape index (κ1) is 16.1. The topological polar surface area (TPSA) is 113 Å². The monoisotopic (exact) mass is 342 g/mol. The van der Waals surface area contributed by atoms with Crippen LogP contribution in [0.1, 0.15) is 23.2 Å². The molecule has 1 aliphatic carbocycles. The number of amides is 2. The van der Waals surface area contributed by atoms with Crippen LogP contribution in [0.2, 0.25) is 5.02 Å². The second-order valence-electron chi connectivity index (χ2n) is 4.60. The van der Waals surface area contributed by atoms with Crippen LogP contribution in [0.15, 0.2) is 18.2 Å². The van der Waals surface area contributed by atoms with Crippen molar-refractivity contribution in [1.29, 1.82) is 0 Å². The fraction of sp³-hybridized carbons (Fsp3) is 0.250. The van der Waals surface area contributed by atoms with Crippen LogP contribution in [-0.2, 0) is 4.79 Å². The molecule has 0 bridgehead atoms. The molecule has 0 radical (unpaired) electrons. The predicted octanol–water partition coefficient (Wildman–Crippen LogP) is 1.29. The number of benzene rings is 1. The molecule has 10 heteroatoms. The van der Waals surface area contributed by atoms with Gasteiger partial charge in [-0.15, -0.1) is 0 Å². The molecular formula is C12H11ClN4O4S. The van der Waals surface area contributed by atoms with E-state index in [4.69, 9.17) is 23.8 Å². The van der Waals surface area contributed by atoms with Gasteiger partial charge in [-0.05, 0) is 37.2 Å². The zero-order valence-electron chi connectivity index (χ0n) is 11.1. The van der Waals surface area contributed by atoms with Crippen molar-refractivity contribution in [3.05, 3.63) is 38.9 Å². The van der Waals surface area contributed by atoms with Crippen molar-refractivity contribution in [3.8, 4) is 0 Å². The third kappa shape index (κ3) is 4.12. The molecule has 0 aromatic heterocycles. The van der Waals surface area contributed by atoms with Gasteiger partial charge in [-0.1, -0.05) is 11.6 Å². The van der Waals surface area contributed by atoms with E-state index in [1.165, 1.54) is 12.1 Å². The Bertz CT molecular complexity index is 663. The van der Waals surface area contributed by atoms with Crippen LogP contribution in [-0.4, -0.2) is 21.9 Å². The van der Waals surface area contributed by atoms with E-state index in [0.29, 0.717) is 0 Å². The molecule has 0 atom stereocenters.